The van der Waals surface area contributed by atoms with Crippen LogP contribution < -0.4 is 28.4 Å². The minimum atomic E-state index is -0.779. The van der Waals surface area contributed by atoms with E-state index in [4.69, 9.17) is 28.4 Å². The van der Waals surface area contributed by atoms with Gasteiger partial charge in [-0.15, -0.1) is 0 Å². The number of phenols is 1. The highest BCUT2D eigenvalue weighted by Gasteiger charge is 2.24. The third kappa shape index (κ3) is 5.88. The van der Waals surface area contributed by atoms with E-state index in [1.807, 2.05) is 12.1 Å². The molecule has 0 bridgehead atoms. The number of hydrogen-bond acceptors (Lipinski definition) is 9. The summed E-state index contributed by atoms with van der Waals surface area (Å²) in [5.41, 5.74) is 1.72. The van der Waals surface area contributed by atoms with Crippen molar-refractivity contribution in [2.24, 2.45) is 0 Å². The van der Waals surface area contributed by atoms with Crippen LogP contribution in [0.1, 0.15) is 31.8 Å². The fraction of sp³-hybridized carbons (Fsp3) is 0.286. The van der Waals surface area contributed by atoms with Gasteiger partial charge in [-0.3, -0.25) is 9.59 Å². The minimum Gasteiger partial charge on any atom is -0.508 e. The van der Waals surface area contributed by atoms with Gasteiger partial charge in [-0.1, -0.05) is 0 Å². The molecule has 0 saturated heterocycles. The number of phenolic OH excluding ortho intramolecular Hbond substituents is 1. The van der Waals surface area contributed by atoms with E-state index in [9.17, 15) is 14.7 Å². The van der Waals surface area contributed by atoms with Crippen LogP contribution in [0, 0.1) is 0 Å². The third-order valence-corrected chi connectivity index (χ3v) is 5.80. The summed E-state index contributed by atoms with van der Waals surface area (Å²) in [5.74, 6) is 0.673. The average Bonchev–Trinajstić information content (AvgIpc) is 2.93. The Labute approximate surface area is 215 Å². The van der Waals surface area contributed by atoms with Crippen LogP contribution in [0.3, 0.4) is 0 Å². The number of methoxy groups -OCH3 is 6. The summed E-state index contributed by atoms with van der Waals surface area (Å²) in [4.78, 5) is 26.2. The van der Waals surface area contributed by atoms with Crippen molar-refractivity contribution >= 4 is 11.6 Å². The summed E-state index contributed by atoms with van der Waals surface area (Å²) in [7, 11) is 8.90. The number of aromatic hydroxyl groups is 1. The van der Waals surface area contributed by atoms with Gasteiger partial charge in [-0.05, 0) is 66.4 Å². The van der Waals surface area contributed by atoms with Crippen LogP contribution in [0.5, 0.6) is 40.2 Å². The predicted molar refractivity (Wildman–Crippen MR) is 136 cm³/mol. The first-order chi connectivity index (χ1) is 17.8. The SMILES string of the molecule is COc1cc(CCc2cc(O)cc(C(=O)C(=O)c3cc(OC)c(OC)c(OC)c3)c2)cc(OC)c1OC. The molecule has 0 aromatic heterocycles. The molecule has 0 heterocycles. The molecule has 0 unspecified atom stereocenters. The van der Waals surface area contributed by atoms with Crippen LogP contribution in [0.25, 0.3) is 0 Å². The van der Waals surface area contributed by atoms with Crippen LogP contribution in [-0.4, -0.2) is 59.3 Å². The molecule has 9 heteroatoms. The molecule has 3 rings (SSSR count). The Balaban J connectivity index is 1.87. The maximum absolute atomic E-state index is 13.1. The molecule has 0 amide bonds. The van der Waals surface area contributed by atoms with Crippen molar-refractivity contribution in [3.8, 4) is 40.2 Å². The van der Waals surface area contributed by atoms with Crippen LogP contribution in [0.15, 0.2) is 42.5 Å². The number of carbonyl (C=O) groups is 2. The van der Waals surface area contributed by atoms with Gasteiger partial charge in [0.2, 0.25) is 23.1 Å². The fourth-order valence-corrected chi connectivity index (χ4v) is 3.99. The molecule has 0 aliphatic rings. The normalized spacial score (nSPS) is 10.4. The highest BCUT2D eigenvalue weighted by atomic mass is 16.5. The van der Waals surface area contributed by atoms with E-state index in [0.717, 1.165) is 5.56 Å². The van der Waals surface area contributed by atoms with Crippen LogP contribution in [0.4, 0.5) is 0 Å². The van der Waals surface area contributed by atoms with Crippen molar-refractivity contribution in [1.29, 1.82) is 0 Å². The smallest absolute Gasteiger partial charge is 0.233 e. The number of hydrogen-bond donors (Lipinski definition) is 1. The van der Waals surface area contributed by atoms with Gasteiger partial charge in [0, 0.05) is 11.1 Å². The Morgan fingerprint density at radius 2 is 0.919 bits per heavy atom. The van der Waals surface area contributed by atoms with Crippen LogP contribution in [0.2, 0.25) is 0 Å². The highest BCUT2D eigenvalue weighted by molar-refractivity contribution is 6.49. The second-order valence-corrected chi connectivity index (χ2v) is 7.99. The molecule has 9 nitrogen and oxygen atoms in total. The van der Waals surface area contributed by atoms with E-state index >= 15 is 0 Å². The van der Waals surface area contributed by atoms with E-state index in [0.29, 0.717) is 41.4 Å². The number of aryl methyl sites for hydroxylation is 2. The zero-order valence-electron chi connectivity index (χ0n) is 21.7. The summed E-state index contributed by atoms with van der Waals surface area (Å²) < 4.78 is 32.0. The van der Waals surface area contributed by atoms with Gasteiger partial charge < -0.3 is 33.5 Å². The monoisotopic (exact) mass is 510 g/mol. The molecule has 196 valence electrons. The van der Waals surface area contributed by atoms with E-state index < -0.39 is 11.6 Å². The minimum absolute atomic E-state index is 0.0682. The summed E-state index contributed by atoms with van der Waals surface area (Å²) in [6.45, 7) is 0. The average molecular weight is 511 g/mol. The maximum atomic E-state index is 13.1. The highest BCUT2D eigenvalue weighted by Crippen LogP contribution is 2.39. The first-order valence-electron chi connectivity index (χ1n) is 11.3. The molecule has 3 aromatic carbocycles. The van der Waals surface area contributed by atoms with Crippen molar-refractivity contribution in [3.05, 3.63) is 64.7 Å². The Morgan fingerprint density at radius 1 is 0.541 bits per heavy atom. The van der Waals surface area contributed by atoms with Gasteiger partial charge >= 0.3 is 0 Å². The zero-order chi connectivity index (χ0) is 27.1. The second kappa shape index (κ2) is 12.0. The molecule has 37 heavy (non-hydrogen) atoms. The van der Waals surface area contributed by atoms with Crippen LogP contribution >= 0.6 is 0 Å². The lowest BCUT2D eigenvalue weighted by atomic mass is 9.96. The van der Waals surface area contributed by atoms with Gasteiger partial charge in [0.25, 0.3) is 0 Å². The second-order valence-electron chi connectivity index (χ2n) is 7.99. The van der Waals surface area contributed by atoms with Gasteiger partial charge in [0.1, 0.15) is 5.75 Å². The van der Waals surface area contributed by atoms with E-state index in [1.54, 1.807) is 26.4 Å². The molecular weight excluding hydrogens is 480 g/mol. The molecule has 0 aliphatic heterocycles. The molecular formula is C28H30O9. The number of ether oxygens (including phenoxy) is 6. The van der Waals surface area contributed by atoms with Gasteiger partial charge in [0.15, 0.2) is 23.0 Å². The first-order valence-corrected chi connectivity index (χ1v) is 11.3. The lowest BCUT2D eigenvalue weighted by Gasteiger charge is -2.14. The quantitative estimate of drug-likeness (QED) is 0.282. The van der Waals surface area contributed by atoms with Crippen molar-refractivity contribution < 1.29 is 43.1 Å². The lowest BCUT2D eigenvalue weighted by molar-refractivity contribution is 0.0816. The maximum Gasteiger partial charge on any atom is 0.233 e. The molecule has 0 fully saturated rings. The molecule has 1 N–H and O–H groups in total. The number of benzene rings is 3. The van der Waals surface area contributed by atoms with E-state index in [-0.39, 0.29) is 28.4 Å². The Kier molecular flexibility index (Phi) is 8.84. The van der Waals surface area contributed by atoms with Crippen molar-refractivity contribution in [3.63, 3.8) is 0 Å². The number of carbonyl (C=O) groups excluding carboxylic acids is 2. The Hall–Kier alpha value is -4.40. The Morgan fingerprint density at radius 3 is 1.32 bits per heavy atom. The van der Waals surface area contributed by atoms with Crippen molar-refractivity contribution in [2.45, 2.75) is 12.8 Å². The standard InChI is InChI=1S/C28H30O9/c1-32-21-11-17(12-22(33-2)27(21)36-5)8-7-16-9-18(13-20(29)10-16)25(30)26(31)19-14-23(34-3)28(37-6)24(15-19)35-4/h9-15,29H,7-8H2,1-6H3. The predicted octanol–water partition coefficient (Wildman–Crippen LogP) is 4.29. The first kappa shape index (κ1) is 27.2. The van der Waals surface area contributed by atoms with Crippen molar-refractivity contribution in [1.82, 2.24) is 0 Å². The number of rotatable bonds is 12. The third-order valence-electron chi connectivity index (χ3n) is 5.80. The van der Waals surface area contributed by atoms with E-state index in [1.165, 1.54) is 46.6 Å². The molecule has 3 aromatic rings. The molecule has 0 spiro atoms. The topological polar surface area (TPSA) is 110 Å². The summed E-state index contributed by atoms with van der Waals surface area (Å²) >= 11 is 0. The summed E-state index contributed by atoms with van der Waals surface area (Å²) in [5, 5.41) is 10.3. The van der Waals surface area contributed by atoms with Gasteiger partial charge in [0.05, 0.1) is 42.7 Å². The number of ketones is 2. The zero-order valence-corrected chi connectivity index (χ0v) is 21.7. The summed E-state index contributed by atoms with van der Waals surface area (Å²) in [6, 6.07) is 10.9. The Bertz CT molecular complexity index is 1250. The lowest BCUT2D eigenvalue weighted by Crippen LogP contribution is -2.15. The fourth-order valence-electron chi connectivity index (χ4n) is 3.99. The van der Waals surface area contributed by atoms with Crippen LogP contribution in [-0.2, 0) is 12.8 Å². The largest absolute Gasteiger partial charge is 0.508 e. The molecule has 0 atom stereocenters. The summed E-state index contributed by atoms with van der Waals surface area (Å²) in [6.07, 6.45) is 1.03. The molecule has 0 saturated carbocycles. The van der Waals surface area contributed by atoms with Gasteiger partial charge in [-0.25, -0.2) is 0 Å². The van der Waals surface area contributed by atoms with Crippen molar-refractivity contribution in [2.75, 3.05) is 42.7 Å². The van der Waals surface area contributed by atoms with Gasteiger partial charge in [-0.2, -0.15) is 0 Å². The molecule has 0 aliphatic carbocycles. The number of Topliss-reactive ketones (excluding diaryl/α,β-unsaturated/α-hetero) is 2. The van der Waals surface area contributed by atoms with E-state index in [2.05, 4.69) is 0 Å². The molecule has 0 radical (unpaired) electrons.